The highest BCUT2D eigenvalue weighted by atomic mass is 19.4. The summed E-state index contributed by atoms with van der Waals surface area (Å²) >= 11 is 0. The van der Waals surface area contributed by atoms with Gasteiger partial charge in [0.2, 0.25) is 0 Å². The lowest BCUT2D eigenvalue weighted by Crippen LogP contribution is -2.39. The van der Waals surface area contributed by atoms with E-state index in [0.717, 1.165) is 23.2 Å². The van der Waals surface area contributed by atoms with Crippen LogP contribution in [0.4, 0.5) is 13.2 Å². The van der Waals surface area contributed by atoms with Crippen LogP contribution in [0.25, 0.3) is 16.6 Å². The van der Waals surface area contributed by atoms with E-state index in [-0.39, 0.29) is 11.8 Å². The van der Waals surface area contributed by atoms with E-state index in [1.807, 2.05) is 31.2 Å². The number of fused-ring (bicyclic) bond motifs is 2. The summed E-state index contributed by atoms with van der Waals surface area (Å²) in [5, 5.41) is 9.05. The zero-order chi connectivity index (χ0) is 21.8. The molecule has 0 spiro atoms. The number of carbonyl (C=O) groups is 1. The lowest BCUT2D eigenvalue weighted by molar-refractivity contribution is -0.137. The minimum Gasteiger partial charge on any atom is -0.451 e. The van der Waals surface area contributed by atoms with Gasteiger partial charge >= 0.3 is 6.18 Å². The minimum absolute atomic E-state index is 0.219. The first-order chi connectivity index (χ1) is 14.8. The van der Waals surface area contributed by atoms with Crippen molar-refractivity contribution < 1.29 is 22.4 Å². The Morgan fingerprint density at radius 3 is 2.74 bits per heavy atom. The van der Waals surface area contributed by atoms with Crippen molar-refractivity contribution in [3.8, 4) is 0 Å². The number of para-hydroxylation sites is 1. The second kappa shape index (κ2) is 7.11. The standard InChI is InChI=1S/C22H19F3N4O2/c1-13-16-6-2-3-7-17(16)31-19(13)21(30)28-10-4-5-14(11-28)20-27-26-18-9-8-15(12-29(18)20)22(23,24)25/h2-3,6-9,12,14H,4-5,10-11H2,1H3. The largest absolute Gasteiger partial charge is 0.451 e. The van der Waals surface area contributed by atoms with Gasteiger partial charge in [-0.3, -0.25) is 9.20 Å². The van der Waals surface area contributed by atoms with Crippen molar-refractivity contribution in [3.63, 3.8) is 0 Å². The quantitative estimate of drug-likeness (QED) is 0.459. The van der Waals surface area contributed by atoms with Crippen molar-refractivity contribution >= 4 is 22.5 Å². The molecule has 1 amide bonds. The Morgan fingerprint density at radius 1 is 1.16 bits per heavy atom. The van der Waals surface area contributed by atoms with Crippen LogP contribution in [-0.2, 0) is 6.18 Å². The molecule has 160 valence electrons. The number of rotatable bonds is 2. The minimum atomic E-state index is -4.46. The smallest absolute Gasteiger partial charge is 0.417 e. The molecule has 4 aromatic rings. The molecule has 6 nitrogen and oxygen atoms in total. The van der Waals surface area contributed by atoms with Crippen molar-refractivity contribution in [2.45, 2.75) is 31.9 Å². The van der Waals surface area contributed by atoms with Gasteiger partial charge < -0.3 is 9.32 Å². The summed E-state index contributed by atoms with van der Waals surface area (Å²) in [7, 11) is 0. The molecular weight excluding hydrogens is 409 g/mol. The van der Waals surface area contributed by atoms with Crippen molar-refractivity contribution in [2.75, 3.05) is 13.1 Å². The van der Waals surface area contributed by atoms with Crippen molar-refractivity contribution in [1.29, 1.82) is 0 Å². The van der Waals surface area contributed by atoms with E-state index in [1.54, 1.807) is 4.90 Å². The van der Waals surface area contributed by atoms with Gasteiger partial charge in [0, 0.05) is 36.2 Å². The summed E-state index contributed by atoms with van der Waals surface area (Å²) in [5.41, 5.74) is 1.02. The zero-order valence-corrected chi connectivity index (χ0v) is 16.7. The Bertz CT molecular complexity index is 1290. The highest BCUT2D eigenvalue weighted by Crippen LogP contribution is 2.32. The molecule has 9 heteroatoms. The van der Waals surface area contributed by atoms with Crippen LogP contribution in [0.1, 0.15) is 46.3 Å². The van der Waals surface area contributed by atoms with Crippen LogP contribution in [0.5, 0.6) is 0 Å². The average Bonchev–Trinajstić information content (AvgIpc) is 3.34. The van der Waals surface area contributed by atoms with Gasteiger partial charge in [-0.15, -0.1) is 10.2 Å². The van der Waals surface area contributed by atoms with Crippen LogP contribution in [0.3, 0.4) is 0 Å². The fraction of sp³-hybridized carbons (Fsp3) is 0.318. The summed E-state index contributed by atoms with van der Waals surface area (Å²) in [6.07, 6.45) is -2.01. The number of piperidine rings is 1. The molecule has 1 atom stereocenters. The molecule has 1 saturated heterocycles. The van der Waals surface area contributed by atoms with E-state index >= 15 is 0 Å². The number of hydrogen-bond acceptors (Lipinski definition) is 4. The number of benzene rings is 1. The number of aryl methyl sites for hydroxylation is 1. The third-order valence-electron chi connectivity index (χ3n) is 5.87. The molecule has 0 saturated carbocycles. The first-order valence-electron chi connectivity index (χ1n) is 10.0. The highest BCUT2D eigenvalue weighted by molar-refractivity contribution is 5.99. The number of furan rings is 1. The second-order valence-electron chi connectivity index (χ2n) is 7.84. The van der Waals surface area contributed by atoms with Crippen LogP contribution in [0, 0.1) is 6.92 Å². The number of halogens is 3. The molecule has 1 aliphatic heterocycles. The SMILES string of the molecule is Cc1c(C(=O)N2CCCC(c3nnc4ccc(C(F)(F)F)cn34)C2)oc2ccccc12. The molecule has 0 aliphatic carbocycles. The molecule has 0 bridgehead atoms. The van der Waals surface area contributed by atoms with Crippen LogP contribution < -0.4 is 0 Å². The van der Waals surface area contributed by atoms with Gasteiger partial charge in [0.05, 0.1) is 5.56 Å². The lowest BCUT2D eigenvalue weighted by atomic mass is 9.96. The number of likely N-dealkylation sites (tertiary alicyclic amines) is 1. The van der Waals surface area contributed by atoms with Crippen molar-refractivity contribution in [3.05, 3.63) is 65.3 Å². The maximum atomic E-state index is 13.2. The Kier molecular flexibility index (Phi) is 4.49. The molecule has 4 heterocycles. The summed E-state index contributed by atoms with van der Waals surface area (Å²) in [6.45, 7) is 2.74. The molecule has 5 rings (SSSR count). The number of amides is 1. The van der Waals surface area contributed by atoms with Gasteiger partial charge in [0.25, 0.3) is 5.91 Å². The zero-order valence-electron chi connectivity index (χ0n) is 16.7. The number of aromatic nitrogens is 3. The summed E-state index contributed by atoms with van der Waals surface area (Å²) in [5.74, 6) is 0.288. The maximum Gasteiger partial charge on any atom is 0.417 e. The van der Waals surface area contributed by atoms with Gasteiger partial charge in [0.1, 0.15) is 11.4 Å². The number of nitrogens with zero attached hydrogens (tertiary/aromatic N) is 4. The number of hydrogen-bond donors (Lipinski definition) is 0. The Hall–Kier alpha value is -3.36. The summed E-state index contributed by atoms with van der Waals surface area (Å²) < 4.78 is 46.7. The van der Waals surface area contributed by atoms with Crippen LogP contribution >= 0.6 is 0 Å². The molecule has 31 heavy (non-hydrogen) atoms. The third-order valence-corrected chi connectivity index (χ3v) is 5.87. The van der Waals surface area contributed by atoms with Crippen LogP contribution in [-0.4, -0.2) is 38.5 Å². The molecule has 1 aliphatic rings. The second-order valence-corrected chi connectivity index (χ2v) is 7.84. The molecule has 0 radical (unpaired) electrons. The predicted octanol–water partition coefficient (Wildman–Crippen LogP) is 4.82. The van der Waals surface area contributed by atoms with E-state index in [9.17, 15) is 18.0 Å². The van der Waals surface area contributed by atoms with E-state index in [2.05, 4.69) is 10.2 Å². The lowest BCUT2D eigenvalue weighted by Gasteiger charge is -2.31. The topological polar surface area (TPSA) is 63.6 Å². The molecule has 1 aromatic carbocycles. The van der Waals surface area contributed by atoms with E-state index in [0.29, 0.717) is 48.7 Å². The maximum absolute atomic E-state index is 13.2. The highest BCUT2D eigenvalue weighted by Gasteiger charge is 2.33. The fourth-order valence-electron chi connectivity index (χ4n) is 4.25. The molecule has 1 unspecified atom stereocenters. The molecule has 1 fully saturated rings. The summed E-state index contributed by atoms with van der Waals surface area (Å²) in [6, 6.07) is 9.77. The predicted molar refractivity (Wildman–Crippen MR) is 107 cm³/mol. The van der Waals surface area contributed by atoms with E-state index < -0.39 is 11.7 Å². The Labute approximate surface area is 175 Å². The first kappa shape index (κ1) is 19.6. The van der Waals surface area contributed by atoms with Gasteiger partial charge in [-0.1, -0.05) is 18.2 Å². The fourth-order valence-corrected chi connectivity index (χ4v) is 4.25. The number of pyridine rings is 1. The van der Waals surface area contributed by atoms with Crippen molar-refractivity contribution in [1.82, 2.24) is 19.5 Å². The van der Waals surface area contributed by atoms with Gasteiger partial charge in [-0.05, 0) is 38.0 Å². The Morgan fingerprint density at radius 2 is 1.97 bits per heavy atom. The van der Waals surface area contributed by atoms with Gasteiger partial charge in [-0.25, -0.2) is 0 Å². The monoisotopic (exact) mass is 428 g/mol. The van der Waals surface area contributed by atoms with Gasteiger partial charge in [0.15, 0.2) is 11.4 Å². The van der Waals surface area contributed by atoms with Crippen LogP contribution in [0.2, 0.25) is 0 Å². The van der Waals surface area contributed by atoms with Gasteiger partial charge in [-0.2, -0.15) is 13.2 Å². The first-order valence-corrected chi connectivity index (χ1v) is 10.0. The average molecular weight is 428 g/mol. The summed E-state index contributed by atoms with van der Waals surface area (Å²) in [4.78, 5) is 14.9. The molecule has 0 N–H and O–H groups in total. The van der Waals surface area contributed by atoms with E-state index in [4.69, 9.17) is 4.42 Å². The molecule has 3 aromatic heterocycles. The Balaban J connectivity index is 1.45. The van der Waals surface area contributed by atoms with Crippen molar-refractivity contribution in [2.24, 2.45) is 0 Å². The van der Waals surface area contributed by atoms with Crippen LogP contribution in [0.15, 0.2) is 47.0 Å². The molecular formula is C22H19F3N4O2. The van der Waals surface area contributed by atoms with E-state index in [1.165, 1.54) is 10.5 Å². The number of carbonyl (C=O) groups excluding carboxylic acids is 1. The third kappa shape index (κ3) is 3.34. The normalized spacial score (nSPS) is 17.5. The number of alkyl halides is 3.